The van der Waals surface area contributed by atoms with Gasteiger partial charge in [-0.3, -0.25) is 9.59 Å². The van der Waals surface area contributed by atoms with Crippen LogP contribution in [0.5, 0.6) is 0 Å². The van der Waals surface area contributed by atoms with Crippen molar-refractivity contribution in [2.75, 3.05) is 51.7 Å². The first-order valence-corrected chi connectivity index (χ1v) is 12.1. The first-order chi connectivity index (χ1) is 15.3. The highest BCUT2D eigenvalue weighted by atomic mass is 32.2. The van der Waals surface area contributed by atoms with E-state index in [2.05, 4.69) is 11.9 Å². The second-order valence-electron chi connectivity index (χ2n) is 7.91. The Balaban J connectivity index is 1.67. The molecule has 0 saturated carbocycles. The van der Waals surface area contributed by atoms with Crippen LogP contribution in [-0.2, 0) is 19.6 Å². The van der Waals surface area contributed by atoms with E-state index in [-0.39, 0.29) is 29.8 Å². The summed E-state index contributed by atoms with van der Waals surface area (Å²) in [5, 5.41) is 4.22. The largest absolute Gasteiger partial charge is 0.377 e. The van der Waals surface area contributed by atoms with Crippen molar-refractivity contribution in [3.63, 3.8) is 0 Å². The molecule has 2 aromatic rings. The third kappa shape index (κ3) is 5.11. The molecule has 0 aliphatic carbocycles. The van der Waals surface area contributed by atoms with E-state index in [9.17, 15) is 18.0 Å². The highest BCUT2D eigenvalue weighted by molar-refractivity contribution is 7.89. The van der Waals surface area contributed by atoms with Gasteiger partial charge in [0.05, 0.1) is 4.90 Å². The highest BCUT2D eigenvalue weighted by Crippen LogP contribution is 2.31. The molecule has 32 heavy (non-hydrogen) atoms. The Bertz CT molecular complexity index is 1110. The third-order valence-electron chi connectivity index (χ3n) is 5.60. The maximum atomic E-state index is 13.4. The molecule has 8 nitrogen and oxygen atoms in total. The fourth-order valence-corrected chi connectivity index (χ4v) is 5.51. The number of nitrogens with zero attached hydrogens (tertiary/aromatic N) is 3. The van der Waals surface area contributed by atoms with Crippen molar-refractivity contribution in [2.24, 2.45) is 0 Å². The van der Waals surface area contributed by atoms with Gasteiger partial charge in [0.1, 0.15) is 0 Å². The molecule has 1 aliphatic rings. The van der Waals surface area contributed by atoms with Crippen molar-refractivity contribution in [3.05, 3.63) is 49.1 Å². The van der Waals surface area contributed by atoms with Crippen molar-refractivity contribution < 1.29 is 18.0 Å². The third-order valence-corrected chi connectivity index (χ3v) is 7.56. The predicted octanol–water partition coefficient (Wildman–Crippen LogP) is 1.82. The molecule has 0 unspecified atom stereocenters. The van der Waals surface area contributed by atoms with Crippen LogP contribution in [0.4, 0.5) is 5.69 Å². The summed E-state index contributed by atoms with van der Waals surface area (Å²) in [7, 11) is 0.167. The quantitative estimate of drug-likeness (QED) is 0.481. The molecule has 0 aromatic heterocycles. The lowest BCUT2D eigenvalue weighted by molar-refractivity contribution is -0.132. The Morgan fingerprint density at radius 1 is 1.06 bits per heavy atom. The molecule has 1 saturated heterocycles. The standard InChI is InChI=1S/C23H30N4O4S/c1-4-22(28)24-13-7-12-23(29)26-14-16-27(17-15-26)32(30,31)21-11-6-8-18-19(21)9-5-10-20(18)25(2)3/h4-6,8-11H,1,7,12-17H2,2-3H3,(H,24,28). The fourth-order valence-electron chi connectivity index (χ4n) is 3.88. The average Bonchev–Trinajstić information content (AvgIpc) is 2.80. The van der Waals surface area contributed by atoms with Crippen LogP contribution in [0.2, 0.25) is 0 Å². The molecule has 1 fully saturated rings. The number of carbonyl (C=O) groups is 2. The predicted molar refractivity (Wildman–Crippen MR) is 126 cm³/mol. The summed E-state index contributed by atoms with van der Waals surface area (Å²) in [6.45, 7) is 5.00. The van der Waals surface area contributed by atoms with E-state index in [1.54, 1.807) is 17.0 Å². The minimum atomic E-state index is -3.69. The van der Waals surface area contributed by atoms with E-state index in [0.29, 0.717) is 37.9 Å². The van der Waals surface area contributed by atoms with Crippen molar-refractivity contribution in [1.82, 2.24) is 14.5 Å². The van der Waals surface area contributed by atoms with Crippen LogP contribution < -0.4 is 10.2 Å². The van der Waals surface area contributed by atoms with Crippen molar-refractivity contribution in [3.8, 4) is 0 Å². The number of hydrogen-bond acceptors (Lipinski definition) is 5. The molecular formula is C23H30N4O4S. The van der Waals surface area contributed by atoms with Gasteiger partial charge in [-0.1, -0.05) is 30.8 Å². The van der Waals surface area contributed by atoms with Crippen LogP contribution in [0.15, 0.2) is 53.9 Å². The van der Waals surface area contributed by atoms with Gasteiger partial charge in [-0.05, 0) is 24.6 Å². The Labute approximate surface area is 189 Å². The number of carbonyl (C=O) groups excluding carboxylic acids is 2. The number of hydrogen-bond donors (Lipinski definition) is 1. The lowest BCUT2D eigenvalue weighted by atomic mass is 10.1. The number of benzene rings is 2. The zero-order chi connectivity index (χ0) is 23.3. The van der Waals surface area contributed by atoms with Gasteiger partial charge >= 0.3 is 0 Å². The number of rotatable bonds is 8. The van der Waals surface area contributed by atoms with Crippen LogP contribution in [0.3, 0.4) is 0 Å². The zero-order valence-corrected chi connectivity index (χ0v) is 19.4. The number of nitrogens with one attached hydrogen (secondary N) is 1. The van der Waals surface area contributed by atoms with Crippen molar-refractivity contribution >= 4 is 38.3 Å². The number of fused-ring (bicyclic) bond motifs is 1. The summed E-state index contributed by atoms with van der Waals surface area (Å²) in [6.07, 6.45) is 2.03. The first kappa shape index (κ1) is 23.7. The zero-order valence-electron chi connectivity index (χ0n) is 18.6. The van der Waals surface area contributed by atoms with E-state index in [4.69, 9.17) is 0 Å². The number of anilines is 1. The smallest absolute Gasteiger partial charge is 0.243 e. The minimum Gasteiger partial charge on any atom is -0.377 e. The molecule has 0 bridgehead atoms. The second kappa shape index (κ2) is 10.1. The maximum absolute atomic E-state index is 13.4. The second-order valence-corrected chi connectivity index (χ2v) is 9.81. The lowest BCUT2D eigenvalue weighted by Crippen LogP contribution is -2.50. The van der Waals surface area contributed by atoms with Crippen LogP contribution in [0.1, 0.15) is 12.8 Å². The molecule has 3 rings (SSSR count). The molecular weight excluding hydrogens is 428 g/mol. The molecule has 9 heteroatoms. The highest BCUT2D eigenvalue weighted by Gasteiger charge is 2.31. The molecule has 0 atom stereocenters. The maximum Gasteiger partial charge on any atom is 0.243 e. The molecule has 1 heterocycles. The van der Waals surface area contributed by atoms with Crippen molar-refractivity contribution in [2.45, 2.75) is 17.7 Å². The summed E-state index contributed by atoms with van der Waals surface area (Å²) in [6, 6.07) is 11.0. The number of sulfonamides is 1. The Morgan fingerprint density at radius 2 is 1.72 bits per heavy atom. The topological polar surface area (TPSA) is 90.0 Å². The summed E-state index contributed by atoms with van der Waals surface area (Å²) >= 11 is 0. The molecule has 1 N–H and O–H groups in total. The number of amides is 2. The Hall–Kier alpha value is -2.91. The van der Waals surface area contributed by atoms with Crippen LogP contribution >= 0.6 is 0 Å². The summed E-state index contributed by atoms with van der Waals surface area (Å²) in [5.41, 5.74) is 0.958. The molecule has 0 radical (unpaired) electrons. The van der Waals surface area contributed by atoms with Gasteiger partial charge in [0, 0.05) is 69.7 Å². The van der Waals surface area contributed by atoms with E-state index < -0.39 is 10.0 Å². The van der Waals surface area contributed by atoms with E-state index in [1.165, 1.54) is 10.4 Å². The van der Waals surface area contributed by atoms with Crippen LogP contribution in [0, 0.1) is 0 Å². The summed E-state index contributed by atoms with van der Waals surface area (Å²) in [4.78, 5) is 27.5. The van der Waals surface area contributed by atoms with Gasteiger partial charge in [0.15, 0.2) is 0 Å². The normalized spacial score (nSPS) is 14.9. The van der Waals surface area contributed by atoms with Crippen molar-refractivity contribution in [1.29, 1.82) is 0 Å². The van der Waals surface area contributed by atoms with E-state index >= 15 is 0 Å². The Morgan fingerprint density at radius 3 is 2.38 bits per heavy atom. The van der Waals surface area contributed by atoms with Gasteiger partial charge in [-0.2, -0.15) is 4.31 Å². The van der Waals surface area contributed by atoms with E-state index in [0.717, 1.165) is 11.1 Å². The monoisotopic (exact) mass is 458 g/mol. The minimum absolute atomic E-state index is 0.0318. The first-order valence-electron chi connectivity index (χ1n) is 10.6. The Kier molecular flexibility index (Phi) is 7.52. The molecule has 0 spiro atoms. The van der Waals surface area contributed by atoms with Gasteiger partial charge in [-0.25, -0.2) is 8.42 Å². The lowest BCUT2D eigenvalue weighted by Gasteiger charge is -2.34. The number of piperazine rings is 1. The van der Waals surface area contributed by atoms with Crippen LogP contribution in [-0.4, -0.2) is 76.3 Å². The average molecular weight is 459 g/mol. The van der Waals surface area contributed by atoms with Gasteiger partial charge in [0.2, 0.25) is 21.8 Å². The van der Waals surface area contributed by atoms with Gasteiger partial charge in [0.25, 0.3) is 0 Å². The fraction of sp³-hybridized carbons (Fsp3) is 0.391. The summed E-state index contributed by atoms with van der Waals surface area (Å²) < 4.78 is 28.3. The molecule has 2 aromatic carbocycles. The SMILES string of the molecule is C=CC(=O)NCCCC(=O)N1CCN(S(=O)(=O)c2cccc3c(N(C)C)cccc23)CC1. The van der Waals surface area contributed by atoms with Gasteiger partial charge in [-0.15, -0.1) is 0 Å². The van der Waals surface area contributed by atoms with Crippen LogP contribution in [0.25, 0.3) is 10.8 Å². The summed E-state index contributed by atoms with van der Waals surface area (Å²) in [5.74, 6) is -0.293. The molecule has 1 aliphatic heterocycles. The van der Waals surface area contributed by atoms with Gasteiger partial charge < -0.3 is 15.1 Å². The van der Waals surface area contributed by atoms with E-state index in [1.807, 2.05) is 43.3 Å². The molecule has 2 amide bonds. The molecule has 172 valence electrons.